The normalized spacial score (nSPS) is 13.8. The second-order valence-corrected chi connectivity index (χ2v) is 6.59. The van der Waals surface area contributed by atoms with Crippen molar-refractivity contribution < 1.29 is 14.3 Å². The molecule has 3 rings (SSSR count). The Kier molecular flexibility index (Phi) is 5.68. The van der Waals surface area contributed by atoms with E-state index in [1.54, 1.807) is 12.1 Å². The van der Waals surface area contributed by atoms with Gasteiger partial charge in [-0.1, -0.05) is 42.8 Å². The van der Waals surface area contributed by atoms with Crippen molar-refractivity contribution in [3.05, 3.63) is 63.7 Å². The van der Waals surface area contributed by atoms with Gasteiger partial charge in [0.05, 0.1) is 11.1 Å². The highest BCUT2D eigenvalue weighted by atomic mass is 35.5. The molecule has 5 nitrogen and oxygen atoms in total. The Morgan fingerprint density at radius 3 is 2.59 bits per heavy atom. The average Bonchev–Trinajstić information content (AvgIpc) is 3.12. The van der Waals surface area contributed by atoms with Crippen molar-refractivity contribution in [2.75, 3.05) is 6.79 Å². The lowest BCUT2D eigenvalue weighted by molar-refractivity contribution is -0.117. The molecule has 138 valence electrons. The van der Waals surface area contributed by atoms with Crippen molar-refractivity contribution >= 4 is 23.6 Å². The Morgan fingerprint density at radius 2 is 1.96 bits per heavy atom. The molecular weight excluding hydrogens is 364 g/mol. The van der Waals surface area contributed by atoms with Gasteiger partial charge in [0.1, 0.15) is 11.6 Å². The summed E-state index contributed by atoms with van der Waals surface area (Å²) in [6.45, 7) is 4.09. The topological polar surface area (TPSA) is 71.4 Å². The van der Waals surface area contributed by atoms with Crippen LogP contribution in [0.4, 0.5) is 0 Å². The number of benzene rings is 2. The van der Waals surface area contributed by atoms with Crippen LogP contribution in [0.25, 0.3) is 6.08 Å². The lowest BCUT2D eigenvalue weighted by atomic mass is 10.0. The SMILES string of the molecule is CCc1ccc(C(C)NC(=O)C(C#N)=Cc2cc3c(cc2Cl)OCO3)cc1. The summed E-state index contributed by atoms with van der Waals surface area (Å²) in [6, 6.07) is 13.0. The third-order valence-electron chi connectivity index (χ3n) is 4.39. The summed E-state index contributed by atoms with van der Waals surface area (Å²) in [4.78, 5) is 12.5. The number of nitrogens with zero attached hydrogens (tertiary/aromatic N) is 1. The summed E-state index contributed by atoms with van der Waals surface area (Å²) in [5.74, 6) is 0.621. The lowest BCUT2D eigenvalue weighted by Crippen LogP contribution is -2.27. The van der Waals surface area contributed by atoms with Gasteiger partial charge in [0, 0.05) is 6.07 Å². The van der Waals surface area contributed by atoms with Gasteiger partial charge in [0.15, 0.2) is 11.5 Å². The van der Waals surface area contributed by atoms with Gasteiger partial charge in [-0.05, 0) is 42.2 Å². The van der Waals surface area contributed by atoms with Gasteiger partial charge in [-0.15, -0.1) is 0 Å². The molecule has 1 amide bonds. The van der Waals surface area contributed by atoms with E-state index in [1.165, 1.54) is 11.6 Å². The molecule has 1 aliphatic rings. The molecule has 1 aliphatic heterocycles. The number of nitriles is 1. The van der Waals surface area contributed by atoms with Crippen LogP contribution in [0, 0.1) is 11.3 Å². The summed E-state index contributed by atoms with van der Waals surface area (Å²) < 4.78 is 10.6. The minimum atomic E-state index is -0.460. The molecule has 1 atom stereocenters. The minimum absolute atomic E-state index is 0.0345. The van der Waals surface area contributed by atoms with Crippen LogP contribution in [0.5, 0.6) is 11.5 Å². The highest BCUT2D eigenvalue weighted by Gasteiger charge is 2.18. The monoisotopic (exact) mass is 382 g/mol. The fraction of sp³-hybridized carbons (Fsp3) is 0.238. The quantitative estimate of drug-likeness (QED) is 0.614. The molecule has 0 radical (unpaired) electrons. The van der Waals surface area contributed by atoms with Crippen LogP contribution in [-0.4, -0.2) is 12.7 Å². The maximum atomic E-state index is 12.5. The first-order valence-electron chi connectivity index (χ1n) is 8.62. The van der Waals surface area contributed by atoms with Crippen molar-refractivity contribution in [2.45, 2.75) is 26.3 Å². The second-order valence-electron chi connectivity index (χ2n) is 6.19. The van der Waals surface area contributed by atoms with E-state index in [4.69, 9.17) is 21.1 Å². The van der Waals surface area contributed by atoms with Crippen molar-refractivity contribution in [2.24, 2.45) is 0 Å². The average molecular weight is 383 g/mol. The van der Waals surface area contributed by atoms with Gasteiger partial charge in [-0.2, -0.15) is 5.26 Å². The molecule has 0 saturated heterocycles. The zero-order valence-electron chi connectivity index (χ0n) is 15.1. The smallest absolute Gasteiger partial charge is 0.262 e. The number of fused-ring (bicyclic) bond motifs is 1. The van der Waals surface area contributed by atoms with Crippen LogP contribution in [-0.2, 0) is 11.2 Å². The number of carbonyl (C=O) groups excluding carboxylic acids is 1. The second kappa shape index (κ2) is 8.15. The molecule has 0 aliphatic carbocycles. The fourth-order valence-corrected chi connectivity index (χ4v) is 2.96. The number of rotatable bonds is 5. The number of hydrogen-bond donors (Lipinski definition) is 1. The number of halogens is 1. The van der Waals surface area contributed by atoms with Crippen LogP contribution in [0.3, 0.4) is 0 Å². The first kappa shape index (κ1) is 18.8. The summed E-state index contributed by atoms with van der Waals surface area (Å²) in [5.41, 5.74) is 2.69. The molecule has 0 spiro atoms. The molecule has 1 unspecified atom stereocenters. The highest BCUT2D eigenvalue weighted by Crippen LogP contribution is 2.37. The number of carbonyl (C=O) groups is 1. The maximum absolute atomic E-state index is 12.5. The number of aryl methyl sites for hydroxylation is 1. The van der Waals surface area contributed by atoms with Crippen molar-refractivity contribution in [3.8, 4) is 17.6 Å². The molecule has 1 N–H and O–H groups in total. The number of ether oxygens (including phenoxy) is 2. The Morgan fingerprint density at radius 1 is 1.30 bits per heavy atom. The molecule has 2 aromatic rings. The van der Waals surface area contributed by atoms with Gasteiger partial charge in [-0.25, -0.2) is 0 Å². The highest BCUT2D eigenvalue weighted by molar-refractivity contribution is 6.32. The summed E-state index contributed by atoms with van der Waals surface area (Å²) in [6.07, 6.45) is 2.41. The summed E-state index contributed by atoms with van der Waals surface area (Å²) >= 11 is 6.22. The first-order chi connectivity index (χ1) is 13.0. The third kappa shape index (κ3) is 4.24. The van der Waals surface area contributed by atoms with E-state index in [0.717, 1.165) is 12.0 Å². The minimum Gasteiger partial charge on any atom is -0.454 e. The molecule has 0 fully saturated rings. The predicted octanol–water partition coefficient (Wildman–Crippen LogP) is 4.42. The van der Waals surface area contributed by atoms with E-state index >= 15 is 0 Å². The van der Waals surface area contributed by atoms with E-state index in [0.29, 0.717) is 22.1 Å². The van der Waals surface area contributed by atoms with Gasteiger partial charge >= 0.3 is 0 Å². The zero-order chi connectivity index (χ0) is 19.4. The molecule has 0 bridgehead atoms. The van der Waals surface area contributed by atoms with E-state index in [9.17, 15) is 10.1 Å². The Balaban J connectivity index is 1.77. The summed E-state index contributed by atoms with van der Waals surface area (Å²) in [7, 11) is 0. The molecular formula is C21H19ClN2O3. The van der Waals surface area contributed by atoms with E-state index in [-0.39, 0.29) is 18.4 Å². The molecule has 0 saturated carbocycles. The molecule has 2 aromatic carbocycles. The standard InChI is InChI=1S/C21H19ClN2O3/c1-3-14-4-6-15(7-5-14)13(2)24-21(25)17(11-23)8-16-9-19-20(10-18(16)22)27-12-26-19/h4-10,13H,3,12H2,1-2H3,(H,24,25). The van der Waals surface area contributed by atoms with Crippen LogP contribution >= 0.6 is 11.6 Å². The molecule has 0 aromatic heterocycles. The lowest BCUT2D eigenvalue weighted by Gasteiger charge is -2.14. The Hall–Kier alpha value is -2.97. The molecule has 27 heavy (non-hydrogen) atoms. The molecule has 1 heterocycles. The van der Waals surface area contributed by atoms with Crippen molar-refractivity contribution in [1.29, 1.82) is 5.26 Å². The first-order valence-corrected chi connectivity index (χ1v) is 9.00. The number of hydrogen-bond acceptors (Lipinski definition) is 4. The molecule has 6 heteroatoms. The van der Waals surface area contributed by atoms with Gasteiger partial charge in [-0.3, -0.25) is 4.79 Å². The van der Waals surface area contributed by atoms with Crippen LogP contribution in [0.2, 0.25) is 5.02 Å². The van der Waals surface area contributed by atoms with Gasteiger partial charge in [0.25, 0.3) is 5.91 Å². The van der Waals surface area contributed by atoms with Crippen LogP contribution in [0.15, 0.2) is 42.0 Å². The number of nitrogens with one attached hydrogen (secondary N) is 1. The van der Waals surface area contributed by atoms with Crippen LogP contribution in [0.1, 0.15) is 36.6 Å². The predicted molar refractivity (Wildman–Crippen MR) is 104 cm³/mol. The van der Waals surface area contributed by atoms with Crippen molar-refractivity contribution in [3.63, 3.8) is 0 Å². The van der Waals surface area contributed by atoms with Gasteiger partial charge in [0.2, 0.25) is 6.79 Å². The number of amides is 1. The fourth-order valence-electron chi connectivity index (χ4n) is 2.75. The van der Waals surface area contributed by atoms with Gasteiger partial charge < -0.3 is 14.8 Å². The van der Waals surface area contributed by atoms with Crippen LogP contribution < -0.4 is 14.8 Å². The summed E-state index contributed by atoms with van der Waals surface area (Å²) in [5, 5.41) is 12.6. The Bertz CT molecular complexity index is 930. The van der Waals surface area contributed by atoms with E-state index in [1.807, 2.05) is 37.3 Å². The Labute approximate surface area is 163 Å². The van der Waals surface area contributed by atoms with Crippen molar-refractivity contribution in [1.82, 2.24) is 5.32 Å². The van der Waals surface area contributed by atoms with E-state index < -0.39 is 5.91 Å². The third-order valence-corrected chi connectivity index (χ3v) is 4.72. The largest absolute Gasteiger partial charge is 0.454 e. The van der Waals surface area contributed by atoms with E-state index in [2.05, 4.69) is 12.2 Å². The zero-order valence-corrected chi connectivity index (χ0v) is 15.8. The maximum Gasteiger partial charge on any atom is 0.262 e.